The molecular formula is C12H13N3O4S. The van der Waals surface area contributed by atoms with Crippen LogP contribution in [0.15, 0.2) is 27.8 Å². The van der Waals surface area contributed by atoms with Gasteiger partial charge in [0, 0.05) is 18.7 Å². The van der Waals surface area contributed by atoms with Gasteiger partial charge in [-0.3, -0.25) is 10.1 Å². The van der Waals surface area contributed by atoms with E-state index in [-0.39, 0.29) is 16.2 Å². The molecule has 0 saturated carbocycles. The minimum Gasteiger partial charge on any atom is -0.430 e. The summed E-state index contributed by atoms with van der Waals surface area (Å²) in [7, 11) is -1.33. The highest BCUT2D eigenvalue weighted by molar-refractivity contribution is 7.85. The van der Waals surface area contributed by atoms with Gasteiger partial charge < -0.3 is 9.73 Å². The van der Waals surface area contributed by atoms with E-state index < -0.39 is 15.7 Å². The van der Waals surface area contributed by atoms with Gasteiger partial charge in [-0.05, 0) is 25.5 Å². The molecule has 0 unspecified atom stereocenters. The molecule has 1 aromatic carbocycles. The van der Waals surface area contributed by atoms with Gasteiger partial charge in [-0.2, -0.15) is 0 Å². The molecule has 0 bridgehead atoms. The Kier molecular flexibility index (Phi) is 3.49. The third-order valence-corrected chi connectivity index (χ3v) is 4.82. The molecule has 1 aliphatic rings. The number of aromatic nitrogens is 1. The van der Waals surface area contributed by atoms with Gasteiger partial charge in [0.15, 0.2) is 5.58 Å². The van der Waals surface area contributed by atoms with Gasteiger partial charge in [0.1, 0.15) is 16.3 Å². The zero-order chi connectivity index (χ0) is 14.1. The van der Waals surface area contributed by atoms with Gasteiger partial charge in [0.05, 0.1) is 10.2 Å². The molecule has 8 heteroatoms. The van der Waals surface area contributed by atoms with Gasteiger partial charge in [0.25, 0.3) is 10.9 Å². The van der Waals surface area contributed by atoms with Gasteiger partial charge in [-0.15, -0.1) is 0 Å². The quantitative estimate of drug-likeness (QED) is 0.682. The molecule has 0 amide bonds. The second-order valence-corrected chi connectivity index (χ2v) is 6.27. The molecular weight excluding hydrogens is 282 g/mol. The molecule has 1 aliphatic heterocycles. The van der Waals surface area contributed by atoms with Crippen LogP contribution in [0.2, 0.25) is 0 Å². The lowest BCUT2D eigenvalue weighted by atomic mass is 10.2. The zero-order valence-electron chi connectivity index (χ0n) is 10.6. The smallest absolute Gasteiger partial charge is 0.288 e. The standard InChI is InChI=1S/C12H13N3O4S/c16-15(17)8-3-4-11-10(6-8)14-12(19-11)20(18)9-2-1-5-13-7-9/h3-4,6,9,13H,1-2,5,7H2/t9-,20+/m0/s1. The molecule has 0 spiro atoms. The Balaban J connectivity index is 1.92. The molecule has 1 fully saturated rings. The summed E-state index contributed by atoms with van der Waals surface area (Å²) in [6, 6.07) is 4.17. The number of fused-ring (bicyclic) bond motifs is 1. The van der Waals surface area contributed by atoms with Gasteiger partial charge in [0.2, 0.25) is 0 Å². The second kappa shape index (κ2) is 5.29. The van der Waals surface area contributed by atoms with Gasteiger partial charge >= 0.3 is 0 Å². The molecule has 1 aromatic heterocycles. The average molecular weight is 295 g/mol. The summed E-state index contributed by atoms with van der Waals surface area (Å²) < 4.78 is 17.8. The van der Waals surface area contributed by atoms with Crippen LogP contribution in [0.5, 0.6) is 0 Å². The SMILES string of the molecule is O=[N+]([O-])c1ccc2oc([S@](=O)[C@H]3CCCNC3)nc2c1. The lowest BCUT2D eigenvalue weighted by molar-refractivity contribution is -0.384. The summed E-state index contributed by atoms with van der Waals surface area (Å²) in [5.74, 6) is 0. The van der Waals surface area contributed by atoms with Crippen molar-refractivity contribution in [3.05, 3.63) is 28.3 Å². The minimum atomic E-state index is -1.33. The Morgan fingerprint density at radius 3 is 3.05 bits per heavy atom. The number of rotatable bonds is 3. The fourth-order valence-corrected chi connectivity index (χ4v) is 3.53. The first-order valence-electron chi connectivity index (χ1n) is 6.31. The Morgan fingerprint density at radius 2 is 2.35 bits per heavy atom. The van der Waals surface area contributed by atoms with Crippen LogP contribution in [0.3, 0.4) is 0 Å². The summed E-state index contributed by atoms with van der Waals surface area (Å²) in [5.41, 5.74) is 0.733. The Hall–Kier alpha value is -1.80. The maximum atomic E-state index is 12.4. The molecule has 3 rings (SSSR count). The number of nitro benzene ring substituents is 1. The highest BCUT2D eigenvalue weighted by atomic mass is 32.2. The minimum absolute atomic E-state index is 0.0215. The first-order chi connectivity index (χ1) is 9.65. The largest absolute Gasteiger partial charge is 0.430 e. The first kappa shape index (κ1) is 13.2. The lowest BCUT2D eigenvalue weighted by Gasteiger charge is -2.20. The summed E-state index contributed by atoms with van der Waals surface area (Å²) in [6.07, 6.45) is 1.83. The molecule has 1 saturated heterocycles. The molecule has 20 heavy (non-hydrogen) atoms. The number of hydrogen-bond acceptors (Lipinski definition) is 6. The maximum absolute atomic E-state index is 12.4. The molecule has 7 nitrogen and oxygen atoms in total. The van der Waals surface area contributed by atoms with Crippen LogP contribution in [0.1, 0.15) is 12.8 Å². The molecule has 2 heterocycles. The predicted octanol–water partition coefficient (Wildman–Crippen LogP) is 1.60. The molecule has 0 radical (unpaired) electrons. The average Bonchev–Trinajstić information content (AvgIpc) is 2.90. The number of piperidine rings is 1. The van der Waals surface area contributed by atoms with Crippen LogP contribution in [0.4, 0.5) is 5.69 Å². The number of nitro groups is 1. The van der Waals surface area contributed by atoms with E-state index in [2.05, 4.69) is 10.3 Å². The van der Waals surface area contributed by atoms with Crippen molar-refractivity contribution in [1.29, 1.82) is 0 Å². The van der Waals surface area contributed by atoms with Crippen LogP contribution in [0.25, 0.3) is 11.1 Å². The Bertz CT molecular complexity index is 678. The number of benzene rings is 1. The predicted molar refractivity (Wildman–Crippen MR) is 73.0 cm³/mol. The fraction of sp³-hybridized carbons (Fsp3) is 0.417. The molecule has 0 aliphatic carbocycles. The van der Waals surface area contributed by atoms with E-state index >= 15 is 0 Å². The summed E-state index contributed by atoms with van der Waals surface area (Å²) in [5, 5.41) is 14.0. The number of nitrogens with one attached hydrogen (secondary N) is 1. The lowest BCUT2D eigenvalue weighted by Crippen LogP contribution is -2.36. The van der Waals surface area contributed by atoms with Crippen molar-refractivity contribution >= 4 is 27.6 Å². The number of non-ortho nitro benzene ring substituents is 1. The first-order valence-corrected chi connectivity index (χ1v) is 7.53. The van der Waals surface area contributed by atoms with Crippen LogP contribution in [0, 0.1) is 10.1 Å². The molecule has 1 N–H and O–H groups in total. The summed E-state index contributed by atoms with van der Waals surface area (Å²) >= 11 is 0. The van der Waals surface area contributed by atoms with Crippen molar-refractivity contribution in [1.82, 2.24) is 10.3 Å². The van der Waals surface area contributed by atoms with Crippen molar-refractivity contribution in [3.8, 4) is 0 Å². The van der Waals surface area contributed by atoms with Crippen molar-refractivity contribution < 1.29 is 13.5 Å². The second-order valence-electron chi connectivity index (χ2n) is 4.65. The summed E-state index contributed by atoms with van der Waals surface area (Å²) in [4.78, 5) is 14.4. The normalized spacial score (nSPS) is 20.9. The monoisotopic (exact) mass is 295 g/mol. The third-order valence-electron chi connectivity index (χ3n) is 3.29. The van der Waals surface area contributed by atoms with Gasteiger partial charge in [-0.1, -0.05) is 0 Å². The number of oxazole rings is 1. The molecule has 106 valence electrons. The highest BCUT2D eigenvalue weighted by Crippen LogP contribution is 2.24. The highest BCUT2D eigenvalue weighted by Gasteiger charge is 2.25. The van der Waals surface area contributed by atoms with Crippen LogP contribution < -0.4 is 5.32 Å². The van der Waals surface area contributed by atoms with Crippen molar-refractivity contribution in [2.75, 3.05) is 13.1 Å². The van der Waals surface area contributed by atoms with E-state index in [9.17, 15) is 14.3 Å². The van der Waals surface area contributed by atoms with E-state index in [4.69, 9.17) is 4.42 Å². The fourth-order valence-electron chi connectivity index (χ4n) is 2.24. The van der Waals surface area contributed by atoms with Gasteiger partial charge in [-0.25, -0.2) is 9.19 Å². The van der Waals surface area contributed by atoms with E-state index in [0.29, 0.717) is 17.6 Å². The van der Waals surface area contributed by atoms with Crippen molar-refractivity contribution in [2.24, 2.45) is 0 Å². The van der Waals surface area contributed by atoms with E-state index in [1.54, 1.807) is 0 Å². The van der Waals surface area contributed by atoms with E-state index in [1.165, 1.54) is 18.2 Å². The van der Waals surface area contributed by atoms with Crippen LogP contribution in [-0.2, 0) is 10.8 Å². The van der Waals surface area contributed by atoms with E-state index in [0.717, 1.165) is 19.4 Å². The number of nitrogens with zero attached hydrogens (tertiary/aromatic N) is 2. The van der Waals surface area contributed by atoms with Crippen LogP contribution in [-0.4, -0.2) is 32.5 Å². The number of hydrogen-bond donors (Lipinski definition) is 1. The van der Waals surface area contributed by atoms with E-state index in [1.807, 2.05) is 0 Å². The van der Waals surface area contributed by atoms with Crippen molar-refractivity contribution in [3.63, 3.8) is 0 Å². The maximum Gasteiger partial charge on any atom is 0.288 e. The Labute approximate surface area is 117 Å². The molecule has 2 atom stereocenters. The molecule has 2 aromatic rings. The Morgan fingerprint density at radius 1 is 1.50 bits per heavy atom. The van der Waals surface area contributed by atoms with Crippen molar-refractivity contribution in [2.45, 2.75) is 23.3 Å². The summed E-state index contributed by atoms with van der Waals surface area (Å²) in [6.45, 7) is 1.61. The zero-order valence-corrected chi connectivity index (χ0v) is 11.4. The van der Waals surface area contributed by atoms with Crippen LogP contribution >= 0.6 is 0 Å². The third kappa shape index (κ3) is 2.44. The topological polar surface area (TPSA) is 98.3 Å².